The van der Waals surface area contributed by atoms with E-state index in [9.17, 15) is 0 Å². The van der Waals surface area contributed by atoms with Gasteiger partial charge in [0.15, 0.2) is 24.1 Å². The van der Waals surface area contributed by atoms with Crippen molar-refractivity contribution in [1.29, 1.82) is 0 Å². The summed E-state index contributed by atoms with van der Waals surface area (Å²) in [5.41, 5.74) is 35.9. The van der Waals surface area contributed by atoms with Gasteiger partial charge < -0.3 is 13.7 Å². The van der Waals surface area contributed by atoms with E-state index in [4.69, 9.17) is 19.1 Å². The molecule has 0 bridgehead atoms. The molecule has 0 unspecified atom stereocenters. The van der Waals surface area contributed by atoms with Gasteiger partial charge in [0.05, 0.1) is 76.5 Å². The van der Waals surface area contributed by atoms with Crippen molar-refractivity contribution in [2.45, 2.75) is 140 Å². The van der Waals surface area contributed by atoms with Gasteiger partial charge in [0.2, 0.25) is 6.20 Å². The molecule has 5 aliphatic rings. The molecule has 6 aromatic carbocycles. The minimum Gasteiger partial charge on any atom is -0.303 e. The first-order chi connectivity index (χ1) is 50.0. The SMILES string of the molecule is CC1=Cn2c(nc3c(C)c(C)c(-c4cc(C)nc[n+]4C)cc32)C1.Cc1cc(-c2cc3c(nc4n3C=CC4)c(C)c2C)[n+](C)cn1.Cc1cc2nc3n(c2c2c1-n1c(c(-c4ccccc4)c[n+]1C)C(C)(C)C2(C)C)-c1ccccc1C3.[2H]C([2H])([2H])c1c(C)c(-c2cc(C)nc[n+]2C)cc2c1nc1n2C=CC1. The van der Waals surface area contributed by atoms with E-state index < -0.39 is 6.85 Å². The smallest absolute Gasteiger partial charge is 0.286 e. The molecule has 0 fully saturated rings. The van der Waals surface area contributed by atoms with Gasteiger partial charge in [-0.25, -0.2) is 33.6 Å². The van der Waals surface area contributed by atoms with Gasteiger partial charge in [-0.1, -0.05) is 103 Å². The molecule has 0 saturated carbocycles. The summed E-state index contributed by atoms with van der Waals surface area (Å²) in [5.74, 6) is 4.31. The maximum atomic E-state index is 8.05. The van der Waals surface area contributed by atoms with Crippen molar-refractivity contribution in [3.63, 3.8) is 0 Å². The van der Waals surface area contributed by atoms with E-state index in [2.05, 4.69) is 238 Å². The number of imidazole rings is 4. The zero-order valence-electron chi connectivity index (χ0n) is 64.9. The van der Waals surface area contributed by atoms with Gasteiger partial charge in [0.25, 0.3) is 19.0 Å². The lowest BCUT2D eigenvalue weighted by molar-refractivity contribution is -0.745. The predicted molar refractivity (Wildman–Crippen MR) is 407 cm³/mol. The van der Waals surface area contributed by atoms with E-state index in [1.807, 2.05) is 95.0 Å². The van der Waals surface area contributed by atoms with Gasteiger partial charge in [0.1, 0.15) is 51.8 Å². The fourth-order valence-electron chi connectivity index (χ4n) is 16.3. The molecule has 0 aliphatic carbocycles. The molecule has 0 N–H and O–H groups in total. The summed E-state index contributed by atoms with van der Waals surface area (Å²) in [6.45, 7) is 28.4. The number of hydrogen-bond acceptors (Lipinski definition) is 7. The molecule has 0 atom stereocenters. The van der Waals surface area contributed by atoms with E-state index in [1.54, 1.807) is 6.33 Å². The van der Waals surface area contributed by atoms with Crippen molar-refractivity contribution >= 4 is 62.7 Å². The normalized spacial score (nSPS) is 15.0. The maximum Gasteiger partial charge on any atom is 0.286 e. The monoisotopic (exact) mass is 1350 g/mol. The molecule has 0 spiro atoms. The van der Waals surface area contributed by atoms with E-state index in [1.165, 1.54) is 112 Å². The zero-order valence-corrected chi connectivity index (χ0v) is 61.9. The number of fused-ring (bicyclic) bond motifs is 18. The number of aromatic nitrogens is 16. The van der Waals surface area contributed by atoms with Gasteiger partial charge >= 0.3 is 0 Å². The Kier molecular flexibility index (Phi) is 14.6. The van der Waals surface area contributed by atoms with Crippen LogP contribution >= 0.6 is 0 Å². The fourth-order valence-corrected chi connectivity index (χ4v) is 16.3. The van der Waals surface area contributed by atoms with E-state index in [0.29, 0.717) is 11.1 Å². The highest BCUT2D eigenvalue weighted by atomic mass is 15.4. The third-order valence-electron chi connectivity index (χ3n) is 22.7. The summed E-state index contributed by atoms with van der Waals surface area (Å²) in [6, 6.07) is 34.7. The number of aryl methyl sites for hydroxylation is 11. The van der Waals surface area contributed by atoms with Gasteiger partial charge in [-0.05, 0) is 141 Å². The van der Waals surface area contributed by atoms with Gasteiger partial charge in [0, 0.05) is 120 Å². The third kappa shape index (κ3) is 10.2. The Morgan fingerprint density at radius 2 is 0.971 bits per heavy atom. The van der Waals surface area contributed by atoms with Crippen LogP contribution in [0.5, 0.6) is 0 Å². The summed E-state index contributed by atoms with van der Waals surface area (Å²) in [4.78, 5) is 32.5. The number of allylic oxidation sites excluding steroid dienone is 3. The van der Waals surface area contributed by atoms with Crippen LogP contribution in [0.25, 0.3) is 119 Å². The lowest BCUT2D eigenvalue weighted by Crippen LogP contribution is -2.51. The maximum absolute atomic E-state index is 8.05. The third-order valence-corrected chi connectivity index (χ3v) is 22.7. The Bertz CT molecular complexity index is 6140. The average Bonchev–Trinajstić information content (AvgIpc) is 1.55. The first kappa shape index (κ1) is 61.9. The molecule has 0 amide bonds. The first-order valence-corrected chi connectivity index (χ1v) is 35.4. The molecule has 13 heterocycles. The van der Waals surface area contributed by atoms with Crippen LogP contribution in [0.15, 0.2) is 140 Å². The molecule has 510 valence electrons. The van der Waals surface area contributed by atoms with Crippen LogP contribution in [0.2, 0.25) is 0 Å². The van der Waals surface area contributed by atoms with Crippen LogP contribution in [0.1, 0.15) is 135 Å². The molecule has 0 saturated heterocycles. The molecular weight excluding hydrogens is 1260 g/mol. The van der Waals surface area contributed by atoms with E-state index in [0.717, 1.165) is 105 Å². The number of hydrogen-bond donors (Lipinski definition) is 0. The van der Waals surface area contributed by atoms with Crippen molar-refractivity contribution in [2.75, 3.05) is 0 Å². The Hall–Kier alpha value is -11.1. The second-order valence-electron chi connectivity index (χ2n) is 29.8. The number of nitrogens with zero attached hydrogens (tertiary/aromatic N) is 16. The molecule has 16 nitrogen and oxygen atoms in total. The van der Waals surface area contributed by atoms with Crippen LogP contribution in [0.4, 0.5) is 0 Å². The average molecular weight is 1350 g/mol. The van der Waals surface area contributed by atoms with Crippen LogP contribution < -0.4 is 18.4 Å². The Labute approximate surface area is 600 Å². The summed E-state index contributed by atoms with van der Waals surface area (Å²) in [6.07, 6.45) is 21.8. The number of benzene rings is 6. The Morgan fingerprint density at radius 3 is 1.51 bits per heavy atom. The Morgan fingerprint density at radius 1 is 0.480 bits per heavy atom. The molecule has 8 aromatic heterocycles. The molecule has 102 heavy (non-hydrogen) atoms. The van der Waals surface area contributed by atoms with Crippen molar-refractivity contribution < 1.29 is 22.5 Å². The quantitative estimate of drug-likeness (QED) is 0.160. The van der Waals surface area contributed by atoms with Crippen LogP contribution in [-0.4, -0.2) is 57.8 Å². The fraction of sp³-hybridized carbons (Fsp3) is 0.291. The molecule has 5 aliphatic heterocycles. The van der Waals surface area contributed by atoms with Crippen LogP contribution in [0, 0.1) is 69.2 Å². The van der Waals surface area contributed by atoms with Crippen molar-refractivity contribution in [3.05, 3.63) is 236 Å². The second kappa shape index (κ2) is 24.0. The largest absolute Gasteiger partial charge is 0.303 e. The second-order valence-corrected chi connectivity index (χ2v) is 29.8. The number of para-hydroxylation sites is 1. The summed E-state index contributed by atoms with van der Waals surface area (Å²) < 4.78 is 43.9. The molecule has 14 aromatic rings. The van der Waals surface area contributed by atoms with E-state index >= 15 is 0 Å². The lowest BCUT2D eigenvalue weighted by Gasteiger charge is -2.46. The first-order valence-electron chi connectivity index (χ1n) is 36.9. The molecule has 19 rings (SSSR count). The van der Waals surface area contributed by atoms with Gasteiger partial charge in [-0.15, -0.1) is 9.36 Å². The topological polar surface area (TPSA) is 130 Å². The minimum absolute atomic E-state index is 0.129. The summed E-state index contributed by atoms with van der Waals surface area (Å²) in [5, 5.41) is 0. The summed E-state index contributed by atoms with van der Waals surface area (Å²) in [7, 11) is 8.18. The summed E-state index contributed by atoms with van der Waals surface area (Å²) >= 11 is 0. The molecule has 0 radical (unpaired) electrons. The predicted octanol–water partition coefficient (Wildman–Crippen LogP) is 15.1. The van der Waals surface area contributed by atoms with Crippen LogP contribution in [-0.2, 0) is 64.7 Å². The minimum atomic E-state index is -2.22. The van der Waals surface area contributed by atoms with E-state index in [-0.39, 0.29) is 10.8 Å². The molecular formula is C86H90N16+4. The highest BCUT2D eigenvalue weighted by molar-refractivity contribution is 5.93. The zero-order chi connectivity index (χ0) is 73.9. The van der Waals surface area contributed by atoms with Gasteiger partial charge in [-0.3, -0.25) is 4.57 Å². The lowest BCUT2D eigenvalue weighted by atomic mass is 9.59. The highest BCUT2D eigenvalue weighted by Gasteiger charge is 2.53. The van der Waals surface area contributed by atoms with Gasteiger partial charge in [-0.2, -0.15) is 0 Å². The van der Waals surface area contributed by atoms with Crippen molar-refractivity contribution in [2.24, 2.45) is 28.2 Å². The van der Waals surface area contributed by atoms with Crippen LogP contribution in [0.3, 0.4) is 0 Å². The standard InChI is InChI=1S/C31H31N4.C19H21N4.2C18H19N4/c1-19-16-23-28(34-24-15-11-10-14-21(24)17-25(34)32-23)26-27(19)35-29(31(4,5)30(26,2)3)22(18-33(35)6)20-12-8-7-9-13-20;1-11-6-18-21-19-14(4)13(3)15(8-17(19)23(18)9-11)16-7-12(2)20-10-22(16)5;2*1-11-8-15(21(4)10-19-11)14-9-16-18(13(3)12(14)2)20-17-6-5-7-22(16)17/h7-16,18H,17H2,1-6H3;7-10H,6H2,1-5H3;2*5,7-10H,6H2,1-4H3/q4*+1/i;;3D3;. The van der Waals surface area contributed by atoms with Crippen molar-refractivity contribution in [1.82, 2.24) is 57.8 Å². The van der Waals surface area contributed by atoms with Crippen molar-refractivity contribution in [3.8, 4) is 56.3 Å². The highest BCUT2D eigenvalue weighted by Crippen LogP contribution is 2.55. The Balaban J connectivity index is 0.000000110. The molecule has 16 heteroatoms. The number of rotatable bonds is 4.